The number of aromatic nitrogens is 3. The average Bonchev–Trinajstić information content (AvgIpc) is 2.60. The number of halogens is 2. The van der Waals surface area contributed by atoms with Crippen LogP contribution in [0.15, 0.2) is 36.7 Å². The molecule has 0 bridgehead atoms. The molecule has 124 valence electrons. The molecule has 3 N–H and O–H groups in total. The molecule has 3 rings (SSSR count). The highest BCUT2D eigenvalue weighted by molar-refractivity contribution is 6.30. The minimum Gasteiger partial charge on any atom is -0.507 e. The highest BCUT2D eigenvalue weighted by Crippen LogP contribution is 2.35. The van der Waals surface area contributed by atoms with Crippen LogP contribution in [0, 0.1) is 0 Å². The normalized spacial score (nSPS) is 12.3. The topological polar surface area (TPSA) is 91.2 Å². The van der Waals surface area contributed by atoms with Crippen molar-refractivity contribution in [1.29, 1.82) is 0 Å². The van der Waals surface area contributed by atoms with Crippen LogP contribution >= 0.6 is 11.6 Å². The van der Waals surface area contributed by atoms with Gasteiger partial charge in [-0.2, -0.15) is 0 Å². The van der Waals surface area contributed by atoms with Crippen molar-refractivity contribution < 1.29 is 14.6 Å². The van der Waals surface area contributed by atoms with Crippen molar-refractivity contribution in [3.05, 3.63) is 41.7 Å². The van der Waals surface area contributed by atoms with Crippen molar-refractivity contribution in [2.45, 2.75) is 6.17 Å². The third-order valence-electron chi connectivity index (χ3n) is 3.49. The lowest BCUT2D eigenvalue weighted by atomic mass is 10.1. The van der Waals surface area contributed by atoms with Crippen LogP contribution in [0.3, 0.4) is 0 Å². The highest BCUT2D eigenvalue weighted by Gasteiger charge is 2.15. The van der Waals surface area contributed by atoms with Gasteiger partial charge in [0.1, 0.15) is 17.6 Å². The monoisotopic (exact) mass is 348 g/mol. The summed E-state index contributed by atoms with van der Waals surface area (Å²) in [5.41, 5.74) is 0.944. The van der Waals surface area contributed by atoms with E-state index in [1.165, 1.54) is 6.07 Å². The molecule has 0 amide bonds. The number of hydrogen-bond donors (Lipinski definition) is 3. The van der Waals surface area contributed by atoms with Crippen LogP contribution in [0.1, 0.15) is 0 Å². The van der Waals surface area contributed by atoms with Gasteiger partial charge in [0.2, 0.25) is 0 Å². The zero-order valence-electron chi connectivity index (χ0n) is 12.4. The summed E-state index contributed by atoms with van der Waals surface area (Å²) in [6.07, 6.45) is 1.77. The molecular weight excluding hydrogens is 335 g/mol. The molecule has 0 aliphatic carbocycles. The molecule has 2 heterocycles. The van der Waals surface area contributed by atoms with Crippen LogP contribution in [0.5, 0.6) is 5.75 Å². The van der Waals surface area contributed by atoms with Crippen molar-refractivity contribution in [1.82, 2.24) is 15.2 Å². The minimum atomic E-state index is -1.40. The van der Waals surface area contributed by atoms with Crippen LogP contribution < -0.4 is 5.32 Å². The molecule has 0 fully saturated rings. The van der Waals surface area contributed by atoms with E-state index < -0.39 is 12.8 Å². The molecule has 0 radical (unpaired) electrons. The molecule has 0 aliphatic heterocycles. The molecular formula is C16H14ClFN4O2. The Morgan fingerprint density at radius 3 is 2.79 bits per heavy atom. The first-order chi connectivity index (χ1) is 11.6. The smallest absolute Gasteiger partial charge is 0.158 e. The van der Waals surface area contributed by atoms with Gasteiger partial charge in [-0.1, -0.05) is 11.6 Å². The van der Waals surface area contributed by atoms with E-state index in [4.69, 9.17) is 16.7 Å². The number of pyridine rings is 1. The summed E-state index contributed by atoms with van der Waals surface area (Å²) in [7, 11) is 0. The van der Waals surface area contributed by atoms with Crippen molar-refractivity contribution in [2.75, 3.05) is 18.5 Å². The maximum Gasteiger partial charge on any atom is 0.158 e. The number of hydrogen-bond acceptors (Lipinski definition) is 6. The van der Waals surface area contributed by atoms with Gasteiger partial charge >= 0.3 is 0 Å². The zero-order valence-corrected chi connectivity index (χ0v) is 13.2. The van der Waals surface area contributed by atoms with Gasteiger partial charge in [0, 0.05) is 40.3 Å². The van der Waals surface area contributed by atoms with Crippen LogP contribution in [-0.4, -0.2) is 44.7 Å². The molecule has 0 saturated heterocycles. The van der Waals surface area contributed by atoms with E-state index >= 15 is 0 Å². The second-order valence-corrected chi connectivity index (χ2v) is 5.58. The fraction of sp³-hybridized carbons (Fsp3) is 0.188. The fourth-order valence-electron chi connectivity index (χ4n) is 2.30. The van der Waals surface area contributed by atoms with Gasteiger partial charge in [0.15, 0.2) is 5.82 Å². The molecule has 8 heteroatoms. The molecule has 3 aromatic rings. The first-order valence-corrected chi connectivity index (χ1v) is 7.56. The Bertz CT molecular complexity index is 878. The quantitative estimate of drug-likeness (QED) is 0.656. The van der Waals surface area contributed by atoms with Crippen LogP contribution in [0.4, 0.5) is 10.2 Å². The third kappa shape index (κ3) is 3.22. The van der Waals surface area contributed by atoms with Gasteiger partial charge in [-0.05, 0) is 24.3 Å². The van der Waals surface area contributed by atoms with Crippen LogP contribution in [0.2, 0.25) is 5.02 Å². The number of fused-ring (bicyclic) bond motifs is 1. The number of phenolic OH excluding ortho intramolecular Hbond substituents is 1. The molecule has 0 saturated carbocycles. The van der Waals surface area contributed by atoms with E-state index in [1.54, 1.807) is 30.6 Å². The van der Waals surface area contributed by atoms with E-state index in [0.717, 1.165) is 0 Å². The predicted octanol–water partition coefficient (Wildman–Crippen LogP) is 2.79. The van der Waals surface area contributed by atoms with Gasteiger partial charge in [-0.15, -0.1) is 10.2 Å². The molecule has 6 nitrogen and oxygen atoms in total. The molecule has 1 unspecified atom stereocenters. The summed E-state index contributed by atoms with van der Waals surface area (Å²) in [6, 6.07) is 6.45. The molecule has 24 heavy (non-hydrogen) atoms. The Labute approximate surface area is 141 Å². The van der Waals surface area contributed by atoms with Gasteiger partial charge in [-0.3, -0.25) is 4.98 Å². The number of alkyl halides is 1. The van der Waals surface area contributed by atoms with Gasteiger partial charge in [-0.25, -0.2) is 4.39 Å². The van der Waals surface area contributed by atoms with Crippen molar-refractivity contribution >= 4 is 28.2 Å². The van der Waals surface area contributed by atoms with E-state index in [-0.39, 0.29) is 12.3 Å². The largest absolute Gasteiger partial charge is 0.507 e. The van der Waals surface area contributed by atoms with Gasteiger partial charge in [0.05, 0.1) is 6.61 Å². The van der Waals surface area contributed by atoms with E-state index in [1.807, 2.05) is 0 Å². The minimum absolute atomic E-state index is 0.0141. The summed E-state index contributed by atoms with van der Waals surface area (Å²) >= 11 is 5.86. The standard InChI is InChI=1S/C16H14ClFN4O2/c17-9-1-2-12(14(24)5-9)15-11-3-4-19-7-13(11)16(22-21-15)20-6-10(18)8-23/h1-5,7,10,23-24H,6,8H2,(H,20,22). The van der Waals surface area contributed by atoms with Crippen molar-refractivity contribution in [3.63, 3.8) is 0 Å². The maximum absolute atomic E-state index is 13.2. The van der Waals surface area contributed by atoms with Gasteiger partial charge < -0.3 is 15.5 Å². The Kier molecular flexibility index (Phi) is 4.73. The first kappa shape index (κ1) is 16.4. The lowest BCUT2D eigenvalue weighted by molar-refractivity contribution is 0.186. The number of anilines is 1. The molecule has 0 aliphatic rings. The number of benzene rings is 1. The Morgan fingerprint density at radius 1 is 1.21 bits per heavy atom. The number of rotatable bonds is 5. The SMILES string of the molecule is OCC(F)CNc1nnc(-c2ccc(Cl)cc2O)c2ccncc12. The summed E-state index contributed by atoms with van der Waals surface area (Å²) in [6.45, 7) is -0.673. The van der Waals surface area contributed by atoms with E-state index in [2.05, 4.69) is 20.5 Å². The second kappa shape index (κ2) is 6.94. The summed E-state index contributed by atoms with van der Waals surface area (Å²) in [4.78, 5) is 4.06. The summed E-state index contributed by atoms with van der Waals surface area (Å²) in [5, 5.41) is 31.6. The number of aliphatic hydroxyl groups excluding tert-OH is 1. The summed E-state index contributed by atoms with van der Waals surface area (Å²) < 4.78 is 13.2. The predicted molar refractivity (Wildman–Crippen MR) is 89.9 cm³/mol. The Morgan fingerprint density at radius 2 is 2.04 bits per heavy atom. The number of phenols is 1. The average molecular weight is 349 g/mol. The number of nitrogens with zero attached hydrogens (tertiary/aromatic N) is 3. The molecule has 0 spiro atoms. The molecule has 1 aromatic carbocycles. The van der Waals surface area contributed by atoms with Crippen molar-refractivity contribution in [2.24, 2.45) is 0 Å². The van der Waals surface area contributed by atoms with Crippen LogP contribution in [-0.2, 0) is 0 Å². The number of aliphatic hydroxyl groups is 1. The number of nitrogens with one attached hydrogen (secondary N) is 1. The second-order valence-electron chi connectivity index (χ2n) is 5.14. The maximum atomic E-state index is 13.2. The highest BCUT2D eigenvalue weighted by atomic mass is 35.5. The van der Waals surface area contributed by atoms with Gasteiger partial charge in [0.25, 0.3) is 0 Å². The zero-order chi connectivity index (χ0) is 17.1. The van der Waals surface area contributed by atoms with E-state index in [0.29, 0.717) is 32.9 Å². The lowest BCUT2D eigenvalue weighted by Crippen LogP contribution is -2.19. The Balaban J connectivity index is 2.08. The lowest BCUT2D eigenvalue weighted by Gasteiger charge is -2.12. The van der Waals surface area contributed by atoms with Crippen molar-refractivity contribution in [3.8, 4) is 17.0 Å². The molecule has 2 aromatic heterocycles. The molecule has 1 atom stereocenters. The fourth-order valence-corrected chi connectivity index (χ4v) is 2.47. The number of aromatic hydroxyl groups is 1. The summed E-state index contributed by atoms with van der Waals surface area (Å²) in [5.74, 6) is 0.339. The Hall–Kier alpha value is -2.51. The third-order valence-corrected chi connectivity index (χ3v) is 3.72. The first-order valence-electron chi connectivity index (χ1n) is 7.18. The van der Waals surface area contributed by atoms with E-state index in [9.17, 15) is 9.50 Å². The van der Waals surface area contributed by atoms with Crippen LogP contribution in [0.25, 0.3) is 22.0 Å².